The van der Waals surface area contributed by atoms with Gasteiger partial charge in [0.2, 0.25) is 5.91 Å². The van der Waals surface area contributed by atoms with Crippen LogP contribution in [0.3, 0.4) is 0 Å². The van der Waals surface area contributed by atoms with Crippen molar-refractivity contribution in [3.05, 3.63) is 24.2 Å². The van der Waals surface area contributed by atoms with Crippen molar-refractivity contribution in [2.24, 2.45) is 4.99 Å². The van der Waals surface area contributed by atoms with Crippen LogP contribution in [0.5, 0.6) is 0 Å². The van der Waals surface area contributed by atoms with Gasteiger partial charge in [-0.15, -0.1) is 0 Å². The summed E-state index contributed by atoms with van der Waals surface area (Å²) in [5, 5.41) is 6.79. The summed E-state index contributed by atoms with van der Waals surface area (Å²) in [5.74, 6) is 2.08. The molecule has 7 nitrogen and oxygen atoms in total. The lowest BCUT2D eigenvalue weighted by Crippen LogP contribution is -2.40. The first-order chi connectivity index (χ1) is 13.8. The fourth-order valence-corrected chi connectivity index (χ4v) is 3.67. The first-order valence-electron chi connectivity index (χ1n) is 10.8. The summed E-state index contributed by atoms with van der Waals surface area (Å²) < 4.78 is 11.1. The molecule has 2 aliphatic heterocycles. The van der Waals surface area contributed by atoms with Gasteiger partial charge in [0.05, 0.1) is 18.9 Å². The molecular weight excluding hydrogens is 356 g/mol. The number of rotatable bonds is 9. The number of carbonyl (C=O) groups excluding carboxylic acids is 1. The summed E-state index contributed by atoms with van der Waals surface area (Å²) in [5.41, 5.74) is 0. The van der Waals surface area contributed by atoms with Crippen molar-refractivity contribution in [1.29, 1.82) is 0 Å². The molecule has 0 saturated carbocycles. The van der Waals surface area contributed by atoms with E-state index in [9.17, 15) is 4.79 Å². The van der Waals surface area contributed by atoms with Crippen molar-refractivity contribution in [2.45, 2.75) is 57.5 Å². The van der Waals surface area contributed by atoms with Crippen molar-refractivity contribution in [3.8, 4) is 0 Å². The summed E-state index contributed by atoms with van der Waals surface area (Å²) in [6, 6.07) is 3.89. The molecule has 3 heterocycles. The van der Waals surface area contributed by atoms with E-state index >= 15 is 0 Å². The van der Waals surface area contributed by atoms with Crippen LogP contribution in [0.1, 0.15) is 50.7 Å². The van der Waals surface area contributed by atoms with E-state index in [-0.39, 0.29) is 6.10 Å². The van der Waals surface area contributed by atoms with E-state index < -0.39 is 0 Å². The molecule has 28 heavy (non-hydrogen) atoms. The molecule has 0 spiro atoms. The minimum Gasteiger partial charge on any atom is -0.469 e. The third-order valence-electron chi connectivity index (χ3n) is 5.29. The second-order valence-corrected chi connectivity index (χ2v) is 7.55. The average molecular weight is 391 g/mol. The topological polar surface area (TPSA) is 79.1 Å². The molecule has 3 rings (SSSR count). The number of hydrogen-bond donors (Lipinski definition) is 2. The first kappa shape index (κ1) is 20.7. The third kappa shape index (κ3) is 7.19. The Bertz CT molecular complexity index is 597. The normalized spacial score (nSPS) is 21.0. The Hall–Kier alpha value is -2.02. The van der Waals surface area contributed by atoms with Crippen molar-refractivity contribution in [3.63, 3.8) is 0 Å². The molecule has 1 amide bonds. The summed E-state index contributed by atoms with van der Waals surface area (Å²) in [4.78, 5) is 18.8. The smallest absolute Gasteiger partial charge is 0.222 e. The maximum Gasteiger partial charge on any atom is 0.222 e. The number of amides is 1. The average Bonchev–Trinajstić information content (AvgIpc) is 3.37. The summed E-state index contributed by atoms with van der Waals surface area (Å²) in [7, 11) is 0. The predicted molar refractivity (Wildman–Crippen MR) is 109 cm³/mol. The van der Waals surface area contributed by atoms with E-state index in [1.165, 1.54) is 6.42 Å². The number of likely N-dealkylation sites (tertiary alicyclic amines) is 1. The Morgan fingerprint density at radius 1 is 1.21 bits per heavy atom. The molecule has 0 radical (unpaired) electrons. The standard InChI is InChI=1S/C21H34N4O3/c26-20-9-2-1-3-13-25(20)14-6-11-22-21(24-17-19-8-5-16-28-19)23-12-10-18-7-4-15-27-18/h4,7,15,19H,1-3,5-6,8-14,16-17H2,(H2,22,23,24). The van der Waals surface area contributed by atoms with Gasteiger partial charge in [0, 0.05) is 45.6 Å². The van der Waals surface area contributed by atoms with E-state index in [2.05, 4.69) is 10.6 Å². The van der Waals surface area contributed by atoms with Gasteiger partial charge >= 0.3 is 0 Å². The van der Waals surface area contributed by atoms with E-state index in [0.717, 1.165) is 83.0 Å². The van der Waals surface area contributed by atoms with Crippen molar-refractivity contribution < 1.29 is 13.9 Å². The van der Waals surface area contributed by atoms with Crippen LogP contribution in [0, 0.1) is 0 Å². The molecule has 2 saturated heterocycles. The van der Waals surface area contributed by atoms with Gasteiger partial charge in [-0.1, -0.05) is 6.42 Å². The van der Waals surface area contributed by atoms with Crippen molar-refractivity contribution in [2.75, 3.05) is 39.3 Å². The zero-order chi connectivity index (χ0) is 19.4. The molecule has 1 aromatic rings. The number of guanidine groups is 1. The summed E-state index contributed by atoms with van der Waals surface area (Å²) >= 11 is 0. The number of nitrogens with zero attached hydrogens (tertiary/aromatic N) is 2. The van der Waals surface area contributed by atoms with Crippen LogP contribution >= 0.6 is 0 Å². The molecule has 7 heteroatoms. The van der Waals surface area contributed by atoms with Crippen LogP contribution in [0.2, 0.25) is 0 Å². The highest BCUT2D eigenvalue weighted by Crippen LogP contribution is 2.12. The minimum absolute atomic E-state index is 0.235. The van der Waals surface area contributed by atoms with Crippen LogP contribution < -0.4 is 10.6 Å². The molecule has 0 aliphatic carbocycles. The SMILES string of the molecule is O=C1CCCCCN1CCCNC(=NCC1CCCO1)NCCc1ccco1. The Morgan fingerprint density at radius 3 is 2.96 bits per heavy atom. The van der Waals surface area contributed by atoms with Gasteiger partial charge in [-0.3, -0.25) is 9.79 Å². The van der Waals surface area contributed by atoms with Gasteiger partial charge in [-0.2, -0.15) is 0 Å². The van der Waals surface area contributed by atoms with Gasteiger partial charge in [-0.25, -0.2) is 0 Å². The van der Waals surface area contributed by atoms with Gasteiger partial charge in [0.1, 0.15) is 5.76 Å². The number of nitrogens with one attached hydrogen (secondary N) is 2. The molecule has 1 aromatic heterocycles. The Morgan fingerprint density at radius 2 is 2.14 bits per heavy atom. The van der Waals surface area contributed by atoms with Gasteiger partial charge < -0.3 is 24.7 Å². The minimum atomic E-state index is 0.235. The first-order valence-corrected chi connectivity index (χ1v) is 10.8. The fourth-order valence-electron chi connectivity index (χ4n) is 3.67. The quantitative estimate of drug-likeness (QED) is 0.384. The number of aliphatic imine (C=N–C) groups is 1. The molecular formula is C21H34N4O3. The number of ether oxygens (including phenoxy) is 1. The highest BCUT2D eigenvalue weighted by atomic mass is 16.5. The number of furan rings is 1. The third-order valence-corrected chi connectivity index (χ3v) is 5.29. The molecule has 2 fully saturated rings. The molecule has 1 atom stereocenters. The van der Waals surface area contributed by atoms with E-state index in [1.54, 1.807) is 6.26 Å². The van der Waals surface area contributed by atoms with E-state index in [0.29, 0.717) is 18.9 Å². The van der Waals surface area contributed by atoms with Gasteiger partial charge in [0.15, 0.2) is 5.96 Å². The lowest BCUT2D eigenvalue weighted by atomic mass is 10.2. The molecule has 2 N–H and O–H groups in total. The molecule has 2 aliphatic rings. The Balaban J connectivity index is 1.40. The van der Waals surface area contributed by atoms with Crippen LogP contribution in [-0.4, -0.2) is 62.2 Å². The second-order valence-electron chi connectivity index (χ2n) is 7.55. The van der Waals surface area contributed by atoms with Crippen LogP contribution in [0.25, 0.3) is 0 Å². The van der Waals surface area contributed by atoms with Crippen molar-refractivity contribution >= 4 is 11.9 Å². The molecule has 156 valence electrons. The molecule has 0 bridgehead atoms. The lowest BCUT2D eigenvalue weighted by Gasteiger charge is -2.21. The number of carbonyl (C=O) groups is 1. The largest absolute Gasteiger partial charge is 0.469 e. The van der Waals surface area contributed by atoms with E-state index in [1.807, 2.05) is 17.0 Å². The predicted octanol–water partition coefficient (Wildman–Crippen LogP) is 2.33. The Labute approximate surface area is 167 Å². The van der Waals surface area contributed by atoms with Crippen LogP contribution in [-0.2, 0) is 16.0 Å². The highest BCUT2D eigenvalue weighted by Gasteiger charge is 2.16. The van der Waals surface area contributed by atoms with Gasteiger partial charge in [-0.05, 0) is 44.2 Å². The fraction of sp³-hybridized carbons (Fsp3) is 0.714. The second kappa shape index (κ2) is 11.7. The summed E-state index contributed by atoms with van der Waals surface area (Å²) in [6.45, 7) is 4.80. The van der Waals surface area contributed by atoms with Crippen LogP contribution in [0.15, 0.2) is 27.8 Å². The van der Waals surface area contributed by atoms with Crippen LogP contribution in [0.4, 0.5) is 0 Å². The van der Waals surface area contributed by atoms with E-state index in [4.69, 9.17) is 14.1 Å². The lowest BCUT2D eigenvalue weighted by molar-refractivity contribution is -0.130. The monoisotopic (exact) mass is 390 g/mol. The zero-order valence-electron chi connectivity index (χ0n) is 16.8. The molecule has 1 unspecified atom stereocenters. The van der Waals surface area contributed by atoms with Crippen molar-refractivity contribution in [1.82, 2.24) is 15.5 Å². The van der Waals surface area contributed by atoms with Gasteiger partial charge in [0.25, 0.3) is 0 Å². The summed E-state index contributed by atoms with van der Waals surface area (Å²) in [6.07, 6.45) is 9.91. The highest BCUT2D eigenvalue weighted by molar-refractivity contribution is 5.79. The maximum absolute atomic E-state index is 12.1. The Kier molecular flexibility index (Phi) is 8.68. The molecule has 0 aromatic carbocycles. The number of hydrogen-bond acceptors (Lipinski definition) is 4. The maximum atomic E-state index is 12.1. The zero-order valence-corrected chi connectivity index (χ0v) is 16.8.